The maximum Gasteiger partial charge on any atom is 0.254 e. The predicted octanol–water partition coefficient (Wildman–Crippen LogP) is 0.0716. The highest BCUT2D eigenvalue weighted by molar-refractivity contribution is 5.45. The summed E-state index contributed by atoms with van der Waals surface area (Å²) in [7, 11) is 3.38. The molecule has 0 aromatic heterocycles. The van der Waals surface area contributed by atoms with Gasteiger partial charge in [-0.25, -0.2) is 0 Å². The summed E-state index contributed by atoms with van der Waals surface area (Å²) in [6, 6.07) is 0. The van der Waals surface area contributed by atoms with E-state index in [0.29, 0.717) is 6.41 Å². The van der Waals surface area contributed by atoms with Gasteiger partial charge in [0.2, 0.25) is 0 Å². The van der Waals surface area contributed by atoms with Crippen molar-refractivity contribution < 1.29 is 4.79 Å². The summed E-state index contributed by atoms with van der Waals surface area (Å²) in [5.74, 6) is 0. The molecule has 0 radical (unpaired) electrons. The van der Waals surface area contributed by atoms with Gasteiger partial charge in [0.15, 0.2) is 0 Å². The Labute approximate surface area is 41.8 Å². The Kier molecular flexibility index (Phi) is 2.83. The van der Waals surface area contributed by atoms with Crippen molar-refractivity contribution in [3.05, 3.63) is 0 Å². The van der Waals surface area contributed by atoms with Crippen LogP contribution in [0.5, 0.6) is 0 Å². The molecule has 0 aromatic carbocycles. The molecule has 40 valence electrons. The van der Waals surface area contributed by atoms with Gasteiger partial charge in [-0.3, -0.25) is 9.80 Å². The first kappa shape index (κ1) is 6.07. The maximum atomic E-state index is 9.42. The van der Waals surface area contributed by atoms with Crippen molar-refractivity contribution >= 4 is 6.41 Å². The third-order valence-electron chi connectivity index (χ3n) is 0.278. The van der Waals surface area contributed by atoms with Crippen molar-refractivity contribution in [3.63, 3.8) is 0 Å². The van der Waals surface area contributed by atoms with Gasteiger partial charge >= 0.3 is 0 Å². The van der Waals surface area contributed by atoms with Gasteiger partial charge in [-0.15, -0.1) is 0 Å². The molecule has 0 saturated heterocycles. The highest BCUT2D eigenvalue weighted by Crippen LogP contribution is 1.72. The van der Waals surface area contributed by atoms with Crippen LogP contribution in [0.4, 0.5) is 0 Å². The van der Waals surface area contributed by atoms with Gasteiger partial charge in [0.1, 0.15) is 0 Å². The van der Waals surface area contributed by atoms with Crippen LogP contribution >= 0.6 is 0 Å². The van der Waals surface area contributed by atoms with Gasteiger partial charge in [0, 0.05) is 14.1 Å². The standard InChI is InChI=1S/C3H7N3O/c1-6(2)5-4-3-7/h3H,1-2H3. The van der Waals surface area contributed by atoms with E-state index < -0.39 is 0 Å². The molecule has 7 heavy (non-hydrogen) atoms. The summed E-state index contributed by atoms with van der Waals surface area (Å²) < 4.78 is 0. The second-order valence-electron chi connectivity index (χ2n) is 1.16. The lowest BCUT2D eigenvalue weighted by molar-refractivity contribution is -0.107. The fourth-order valence-corrected chi connectivity index (χ4v) is 0.124. The molecule has 0 aliphatic rings. The first-order chi connectivity index (χ1) is 3.27. The van der Waals surface area contributed by atoms with Gasteiger partial charge in [0.05, 0.1) is 0 Å². The van der Waals surface area contributed by atoms with Gasteiger partial charge in [-0.2, -0.15) is 0 Å². The monoisotopic (exact) mass is 101 g/mol. The third-order valence-corrected chi connectivity index (χ3v) is 0.278. The minimum absolute atomic E-state index is 0.389. The van der Waals surface area contributed by atoms with E-state index in [4.69, 9.17) is 0 Å². The van der Waals surface area contributed by atoms with Crippen molar-refractivity contribution in [2.24, 2.45) is 10.3 Å². The molecule has 1 amide bonds. The Morgan fingerprint density at radius 1 is 1.57 bits per heavy atom. The molecule has 0 fully saturated rings. The van der Waals surface area contributed by atoms with Crippen LogP contribution in [0.1, 0.15) is 0 Å². The molecule has 0 unspecified atom stereocenters. The lowest BCUT2D eigenvalue weighted by Crippen LogP contribution is -1.99. The SMILES string of the molecule is CN(C)N=NC=O. The molecule has 0 bridgehead atoms. The van der Waals surface area contributed by atoms with Crippen LogP contribution in [0.3, 0.4) is 0 Å². The molecule has 0 spiro atoms. The van der Waals surface area contributed by atoms with Crippen molar-refractivity contribution in [1.29, 1.82) is 0 Å². The number of hydrogen-bond donors (Lipinski definition) is 0. The largest absolute Gasteiger partial charge is 0.284 e. The summed E-state index contributed by atoms with van der Waals surface area (Å²) in [6.07, 6.45) is 0.389. The molecular weight excluding hydrogens is 94.1 g/mol. The average Bonchev–Trinajstić information content (AvgIpc) is 1.61. The smallest absolute Gasteiger partial charge is 0.254 e. The maximum absolute atomic E-state index is 9.42. The lowest BCUT2D eigenvalue weighted by atomic mass is 11.2. The van der Waals surface area contributed by atoms with Crippen LogP contribution in [0.2, 0.25) is 0 Å². The van der Waals surface area contributed by atoms with Gasteiger partial charge in [-0.05, 0) is 0 Å². The Bertz CT molecular complexity index is 78.2. The summed E-state index contributed by atoms with van der Waals surface area (Å²) >= 11 is 0. The van der Waals surface area contributed by atoms with E-state index in [1.165, 1.54) is 5.01 Å². The van der Waals surface area contributed by atoms with E-state index in [-0.39, 0.29) is 0 Å². The summed E-state index contributed by atoms with van der Waals surface area (Å²) in [6.45, 7) is 0. The normalized spacial score (nSPS) is 9.43. The van der Waals surface area contributed by atoms with Crippen LogP contribution in [0.15, 0.2) is 10.3 Å². The minimum Gasteiger partial charge on any atom is -0.284 e. The van der Waals surface area contributed by atoms with E-state index in [1.807, 2.05) is 0 Å². The molecule has 0 N–H and O–H groups in total. The molecule has 0 saturated carbocycles. The highest BCUT2D eigenvalue weighted by Gasteiger charge is 1.71. The minimum atomic E-state index is 0.389. The van der Waals surface area contributed by atoms with Crippen LogP contribution in [-0.4, -0.2) is 25.5 Å². The van der Waals surface area contributed by atoms with E-state index in [2.05, 4.69) is 10.3 Å². The first-order valence-corrected chi connectivity index (χ1v) is 1.79. The molecular formula is C3H7N3O. The zero-order chi connectivity index (χ0) is 5.70. The second-order valence-corrected chi connectivity index (χ2v) is 1.16. The Morgan fingerprint density at radius 2 is 2.14 bits per heavy atom. The zero-order valence-corrected chi connectivity index (χ0v) is 4.33. The molecule has 0 aliphatic carbocycles. The van der Waals surface area contributed by atoms with Crippen molar-refractivity contribution in [2.45, 2.75) is 0 Å². The van der Waals surface area contributed by atoms with Gasteiger partial charge in [-0.1, -0.05) is 10.3 Å². The number of amides is 1. The van der Waals surface area contributed by atoms with E-state index in [9.17, 15) is 4.79 Å². The summed E-state index contributed by atoms with van der Waals surface area (Å²) in [5.41, 5.74) is 0. The third kappa shape index (κ3) is 5.07. The molecule has 0 aromatic rings. The molecule has 0 atom stereocenters. The van der Waals surface area contributed by atoms with Gasteiger partial charge in [0.25, 0.3) is 6.41 Å². The van der Waals surface area contributed by atoms with Crippen LogP contribution in [0, 0.1) is 0 Å². The topological polar surface area (TPSA) is 45.0 Å². The van der Waals surface area contributed by atoms with Crippen LogP contribution in [0.25, 0.3) is 0 Å². The molecule has 0 heterocycles. The second kappa shape index (κ2) is 3.27. The average molecular weight is 101 g/mol. The molecule has 0 rings (SSSR count). The first-order valence-electron chi connectivity index (χ1n) is 1.79. The molecule has 4 nitrogen and oxygen atoms in total. The quantitative estimate of drug-likeness (QED) is 0.281. The molecule has 4 heteroatoms. The summed E-state index contributed by atoms with van der Waals surface area (Å²) in [4.78, 5) is 9.42. The number of rotatable bonds is 2. The van der Waals surface area contributed by atoms with Gasteiger partial charge < -0.3 is 0 Å². The summed E-state index contributed by atoms with van der Waals surface area (Å²) in [5, 5.41) is 7.81. The predicted molar refractivity (Wildman–Crippen MR) is 24.6 cm³/mol. The number of carbonyl (C=O) groups excluding carboxylic acids is 1. The highest BCUT2D eigenvalue weighted by atomic mass is 16.1. The lowest BCUT2D eigenvalue weighted by Gasteiger charge is -1.95. The number of hydrogen-bond acceptors (Lipinski definition) is 2. The Balaban J connectivity index is 3.25. The van der Waals surface area contributed by atoms with Crippen LogP contribution in [-0.2, 0) is 4.79 Å². The Morgan fingerprint density at radius 3 is 2.29 bits per heavy atom. The molecule has 0 aliphatic heterocycles. The van der Waals surface area contributed by atoms with Crippen molar-refractivity contribution in [1.82, 2.24) is 5.01 Å². The van der Waals surface area contributed by atoms with E-state index >= 15 is 0 Å². The van der Waals surface area contributed by atoms with Crippen LogP contribution < -0.4 is 0 Å². The number of nitrogens with zero attached hydrogens (tertiary/aromatic N) is 3. The fourth-order valence-electron chi connectivity index (χ4n) is 0.124. The zero-order valence-electron chi connectivity index (χ0n) is 4.33. The Hall–Kier alpha value is -0.930. The fraction of sp³-hybridized carbons (Fsp3) is 0.667. The number of carbonyl (C=O) groups is 1. The van der Waals surface area contributed by atoms with Crippen molar-refractivity contribution in [3.8, 4) is 0 Å². The van der Waals surface area contributed by atoms with Crippen molar-refractivity contribution in [2.75, 3.05) is 14.1 Å². The van der Waals surface area contributed by atoms with E-state index in [0.717, 1.165) is 0 Å². The van der Waals surface area contributed by atoms with E-state index in [1.54, 1.807) is 14.1 Å².